The van der Waals surface area contributed by atoms with Gasteiger partial charge in [-0.2, -0.15) is 0 Å². The summed E-state index contributed by atoms with van der Waals surface area (Å²) in [5.41, 5.74) is -0.333. The molecule has 9 heteroatoms. The van der Waals surface area contributed by atoms with Crippen LogP contribution < -0.4 is 14.8 Å². The molecule has 2 N–H and O–H groups in total. The number of alkyl carbamates (subject to hydrolysis) is 1. The van der Waals surface area contributed by atoms with E-state index in [0.29, 0.717) is 12.8 Å². The van der Waals surface area contributed by atoms with Crippen LogP contribution >= 0.6 is 0 Å². The average Bonchev–Trinajstić information content (AvgIpc) is 2.51. The van der Waals surface area contributed by atoms with Crippen molar-refractivity contribution in [3.05, 3.63) is 29.3 Å². The number of carbonyl (C=O) groups excluding carboxylic acids is 1. The summed E-state index contributed by atoms with van der Waals surface area (Å²) in [5.74, 6) is -1.62. The van der Waals surface area contributed by atoms with E-state index in [4.69, 9.17) is 9.47 Å². The highest BCUT2D eigenvalue weighted by Crippen LogP contribution is 2.34. The fourth-order valence-corrected chi connectivity index (χ4v) is 3.65. The van der Waals surface area contributed by atoms with Crippen molar-refractivity contribution in [3.63, 3.8) is 0 Å². The Labute approximate surface area is 179 Å². The van der Waals surface area contributed by atoms with Crippen LogP contribution in [0.25, 0.3) is 0 Å². The maximum atomic E-state index is 14.5. The van der Waals surface area contributed by atoms with E-state index in [2.05, 4.69) is 10.0 Å². The number of hydrogen-bond acceptors (Lipinski definition) is 4. The third-order valence-electron chi connectivity index (χ3n) is 4.44. The van der Waals surface area contributed by atoms with Crippen LogP contribution in [0, 0.1) is 11.6 Å². The van der Waals surface area contributed by atoms with Gasteiger partial charge in [0.2, 0.25) is 0 Å². The fraction of sp³-hybridized carbons (Fsp3) is 0.667. The van der Waals surface area contributed by atoms with Gasteiger partial charge in [-0.3, -0.25) is 0 Å². The molecule has 2 atom stereocenters. The third kappa shape index (κ3) is 6.91. The van der Waals surface area contributed by atoms with Gasteiger partial charge in [0.25, 0.3) is 0 Å². The Hall–Kier alpha value is -1.74. The van der Waals surface area contributed by atoms with E-state index < -0.39 is 45.1 Å². The molecule has 0 aliphatic heterocycles. The normalized spacial score (nSPS) is 21.4. The summed E-state index contributed by atoms with van der Waals surface area (Å²) in [4.78, 5) is 11.8. The first-order chi connectivity index (χ1) is 13.7. The maximum Gasteiger partial charge on any atom is 0.407 e. The van der Waals surface area contributed by atoms with E-state index >= 15 is 0 Å². The van der Waals surface area contributed by atoms with Gasteiger partial charge in [-0.05, 0) is 54.5 Å². The zero-order valence-corrected chi connectivity index (χ0v) is 19.4. The Morgan fingerprint density at radius 2 is 1.77 bits per heavy atom. The van der Waals surface area contributed by atoms with E-state index in [-0.39, 0.29) is 23.5 Å². The number of hydrogen-bond donors (Lipinski definition) is 2. The van der Waals surface area contributed by atoms with E-state index in [9.17, 15) is 17.8 Å². The van der Waals surface area contributed by atoms with Gasteiger partial charge in [0.1, 0.15) is 17.5 Å². The van der Waals surface area contributed by atoms with Crippen LogP contribution in [0.1, 0.15) is 72.9 Å². The summed E-state index contributed by atoms with van der Waals surface area (Å²) in [6, 6.07) is 1.22. The van der Waals surface area contributed by atoms with Gasteiger partial charge >= 0.3 is 6.09 Å². The van der Waals surface area contributed by atoms with Gasteiger partial charge in [0, 0.05) is 36.6 Å². The number of ether oxygens (including phenoxy) is 2. The smallest absolute Gasteiger partial charge is 0.407 e. The monoisotopic (exact) mass is 446 g/mol. The molecule has 1 aromatic carbocycles. The largest absolute Gasteiger partial charge is 0.487 e. The predicted molar refractivity (Wildman–Crippen MR) is 113 cm³/mol. The second-order valence-corrected chi connectivity index (χ2v) is 11.6. The Balaban J connectivity index is 2.03. The molecule has 0 saturated heterocycles. The molecule has 1 aliphatic rings. The van der Waals surface area contributed by atoms with Crippen molar-refractivity contribution in [2.75, 3.05) is 0 Å². The lowest BCUT2D eigenvalue weighted by molar-refractivity contribution is 0.0352. The maximum absolute atomic E-state index is 14.5. The predicted octanol–water partition coefficient (Wildman–Crippen LogP) is 4.51. The average molecular weight is 447 g/mol. The van der Waals surface area contributed by atoms with Gasteiger partial charge < -0.3 is 14.8 Å². The Kier molecular flexibility index (Phi) is 7.50. The number of benzene rings is 1. The van der Waals surface area contributed by atoms with Crippen molar-refractivity contribution >= 4 is 17.1 Å². The number of carbonyl (C=O) groups is 1. The van der Waals surface area contributed by atoms with E-state index in [1.165, 1.54) is 6.07 Å². The Morgan fingerprint density at radius 1 is 1.17 bits per heavy atom. The first-order valence-corrected chi connectivity index (χ1v) is 11.1. The van der Waals surface area contributed by atoms with Crippen LogP contribution in [0.4, 0.5) is 13.6 Å². The Bertz CT molecular complexity index is 799. The van der Waals surface area contributed by atoms with Crippen molar-refractivity contribution in [3.8, 4) is 5.75 Å². The molecule has 0 radical (unpaired) electrons. The number of halogens is 2. The number of nitrogens with one attached hydrogen (secondary N) is 2. The number of rotatable bonds is 6. The topological polar surface area (TPSA) is 76.7 Å². The third-order valence-corrected chi connectivity index (χ3v) is 6.12. The molecule has 0 heterocycles. The lowest BCUT2D eigenvalue weighted by Gasteiger charge is -2.37. The molecular formula is C21H32F2N2O4S. The van der Waals surface area contributed by atoms with Gasteiger partial charge in [-0.25, -0.2) is 22.5 Å². The molecule has 1 fully saturated rings. The molecule has 2 rings (SSSR count). The van der Waals surface area contributed by atoms with E-state index in [1.807, 2.05) is 0 Å². The minimum absolute atomic E-state index is 0.0666. The summed E-state index contributed by atoms with van der Waals surface area (Å²) < 4.78 is 54.1. The van der Waals surface area contributed by atoms with Gasteiger partial charge in [-0.1, -0.05) is 0 Å². The molecule has 6 nitrogen and oxygen atoms in total. The molecule has 1 saturated carbocycles. The lowest BCUT2D eigenvalue weighted by Crippen LogP contribution is -2.50. The highest BCUT2D eigenvalue weighted by Gasteiger charge is 2.35. The minimum Gasteiger partial charge on any atom is -0.487 e. The van der Waals surface area contributed by atoms with E-state index in [0.717, 1.165) is 6.07 Å². The molecule has 1 aliphatic carbocycles. The molecule has 1 amide bonds. The standard InChI is InChI=1S/C21H32F2N2O4S/c1-12(25-30(27)21(5,6)7)16-8-13(22)9-17(23)18(16)28-15-10-14(11-15)24-19(26)29-20(2,3)4/h8-9,12,14-15,25H,10-11H2,1-7H3,(H,24,26)/t12-,14?,15?,30?/m1/s1. The zero-order chi connectivity index (χ0) is 22.9. The molecular weight excluding hydrogens is 414 g/mol. The summed E-state index contributed by atoms with van der Waals surface area (Å²) in [6.45, 7) is 12.4. The second-order valence-electron chi connectivity index (χ2n) is 9.58. The highest BCUT2D eigenvalue weighted by atomic mass is 32.2. The molecule has 0 aromatic heterocycles. The second kappa shape index (κ2) is 9.18. The summed E-state index contributed by atoms with van der Waals surface area (Å²) >= 11 is 0. The van der Waals surface area contributed by atoms with Crippen LogP contribution in [-0.4, -0.2) is 32.8 Å². The molecule has 0 bridgehead atoms. The molecule has 1 unspecified atom stereocenters. The molecule has 170 valence electrons. The van der Waals surface area contributed by atoms with Crippen molar-refractivity contribution in [2.24, 2.45) is 0 Å². The first-order valence-electron chi connectivity index (χ1n) is 9.99. The van der Waals surface area contributed by atoms with Gasteiger partial charge in [-0.15, -0.1) is 0 Å². The molecule has 0 spiro atoms. The lowest BCUT2D eigenvalue weighted by atomic mass is 9.89. The zero-order valence-electron chi connectivity index (χ0n) is 18.6. The summed E-state index contributed by atoms with van der Waals surface area (Å²) in [6.07, 6.45) is 0.113. The van der Waals surface area contributed by atoms with Gasteiger partial charge in [0.15, 0.2) is 11.6 Å². The summed E-state index contributed by atoms with van der Waals surface area (Å²) in [7, 11) is -1.42. The van der Waals surface area contributed by atoms with Crippen LogP contribution in [-0.2, 0) is 15.7 Å². The first kappa shape index (κ1) is 24.5. The number of amides is 1. The van der Waals surface area contributed by atoms with Gasteiger partial charge in [0.05, 0.1) is 15.7 Å². The summed E-state index contributed by atoms with van der Waals surface area (Å²) in [5, 5.41) is 2.75. The quantitative estimate of drug-likeness (QED) is 0.674. The molecule has 1 aromatic rings. The van der Waals surface area contributed by atoms with E-state index in [1.54, 1.807) is 48.5 Å². The van der Waals surface area contributed by atoms with Crippen molar-refractivity contribution in [2.45, 2.75) is 89.8 Å². The molecule has 30 heavy (non-hydrogen) atoms. The van der Waals surface area contributed by atoms with Crippen LogP contribution in [0.15, 0.2) is 12.1 Å². The van der Waals surface area contributed by atoms with Crippen LogP contribution in [0.5, 0.6) is 5.75 Å². The van der Waals surface area contributed by atoms with Crippen LogP contribution in [0.2, 0.25) is 0 Å². The van der Waals surface area contributed by atoms with Crippen molar-refractivity contribution < 1.29 is 27.3 Å². The minimum atomic E-state index is -1.42. The van der Waals surface area contributed by atoms with Crippen LogP contribution in [0.3, 0.4) is 0 Å². The SMILES string of the molecule is C[C@@H](NS(=O)C(C)(C)C)c1cc(F)cc(F)c1OC1CC(NC(=O)OC(C)(C)C)C1. The fourth-order valence-electron chi connectivity index (χ4n) is 2.85. The Morgan fingerprint density at radius 3 is 2.30 bits per heavy atom. The highest BCUT2D eigenvalue weighted by molar-refractivity contribution is 7.84. The van der Waals surface area contributed by atoms with Crippen molar-refractivity contribution in [1.82, 2.24) is 10.0 Å². The van der Waals surface area contributed by atoms with Crippen molar-refractivity contribution in [1.29, 1.82) is 0 Å².